The van der Waals surface area contributed by atoms with Crippen LogP contribution in [0, 0.1) is 0 Å². The molecule has 2 aromatic rings. The van der Waals surface area contributed by atoms with Gasteiger partial charge >= 0.3 is 5.97 Å². The van der Waals surface area contributed by atoms with E-state index in [1.165, 1.54) is 35.5 Å². The molecule has 1 atom stereocenters. The van der Waals surface area contributed by atoms with E-state index in [1.54, 1.807) is 44.2 Å². The first kappa shape index (κ1) is 21.4. The van der Waals surface area contributed by atoms with E-state index in [-0.39, 0.29) is 17.0 Å². The van der Waals surface area contributed by atoms with Gasteiger partial charge in [0.2, 0.25) is 0 Å². The van der Waals surface area contributed by atoms with Crippen molar-refractivity contribution in [2.45, 2.75) is 31.8 Å². The molecule has 0 unspecified atom stereocenters. The van der Waals surface area contributed by atoms with Gasteiger partial charge in [-0.1, -0.05) is 24.3 Å². The van der Waals surface area contributed by atoms with Crippen molar-refractivity contribution in [3.05, 3.63) is 60.2 Å². The number of nitrogens with one attached hydrogen (secondary N) is 1. The number of sulfonamides is 1. The smallest absolute Gasteiger partial charge is 0.338 e. The van der Waals surface area contributed by atoms with Crippen LogP contribution in [0.3, 0.4) is 0 Å². The van der Waals surface area contributed by atoms with Gasteiger partial charge in [0.1, 0.15) is 0 Å². The van der Waals surface area contributed by atoms with Crippen LogP contribution in [0.2, 0.25) is 0 Å². The van der Waals surface area contributed by atoms with E-state index in [0.29, 0.717) is 12.2 Å². The van der Waals surface area contributed by atoms with Crippen LogP contribution in [0.15, 0.2) is 59.5 Å². The van der Waals surface area contributed by atoms with Crippen molar-refractivity contribution in [2.24, 2.45) is 0 Å². The monoisotopic (exact) mass is 404 g/mol. The van der Waals surface area contributed by atoms with Crippen LogP contribution >= 0.6 is 0 Å². The van der Waals surface area contributed by atoms with Gasteiger partial charge in [-0.3, -0.25) is 9.10 Å². The molecule has 28 heavy (non-hydrogen) atoms. The van der Waals surface area contributed by atoms with Crippen LogP contribution in [0.25, 0.3) is 0 Å². The van der Waals surface area contributed by atoms with Gasteiger partial charge in [0.15, 0.2) is 6.10 Å². The number of para-hydroxylation sites is 1. The Morgan fingerprint density at radius 1 is 1.07 bits per heavy atom. The summed E-state index contributed by atoms with van der Waals surface area (Å²) in [5.74, 6) is -1.18. The topological polar surface area (TPSA) is 92.8 Å². The Labute approximate surface area is 165 Å². The number of hydrogen-bond donors (Lipinski definition) is 1. The molecule has 0 saturated carbocycles. The fourth-order valence-corrected chi connectivity index (χ4v) is 4.12. The first-order valence-electron chi connectivity index (χ1n) is 8.97. The number of rotatable bonds is 8. The normalized spacial score (nSPS) is 12.1. The largest absolute Gasteiger partial charge is 0.449 e. The third-order valence-corrected chi connectivity index (χ3v) is 5.89. The molecule has 0 heterocycles. The van der Waals surface area contributed by atoms with Crippen LogP contribution in [-0.4, -0.2) is 39.5 Å². The minimum atomic E-state index is -3.87. The van der Waals surface area contributed by atoms with E-state index >= 15 is 0 Å². The van der Waals surface area contributed by atoms with Gasteiger partial charge in [-0.05, 0) is 51.1 Å². The summed E-state index contributed by atoms with van der Waals surface area (Å²) in [6.45, 7) is 5.59. The lowest BCUT2D eigenvalue weighted by molar-refractivity contribution is -0.128. The first-order chi connectivity index (χ1) is 13.3. The van der Waals surface area contributed by atoms with Gasteiger partial charge in [-0.2, -0.15) is 0 Å². The number of anilines is 1. The van der Waals surface area contributed by atoms with Gasteiger partial charge in [0.25, 0.3) is 15.9 Å². The number of carbonyl (C=O) groups excluding carboxylic acids is 2. The molecule has 1 N–H and O–H groups in total. The predicted octanol–water partition coefficient (Wildman–Crippen LogP) is 2.58. The summed E-state index contributed by atoms with van der Waals surface area (Å²) in [6.07, 6.45) is -0.982. The molecule has 0 aliphatic rings. The second kappa shape index (κ2) is 9.36. The number of carbonyl (C=O) groups is 2. The summed E-state index contributed by atoms with van der Waals surface area (Å²) in [4.78, 5) is 24.0. The molecule has 0 spiro atoms. The highest BCUT2D eigenvalue weighted by Crippen LogP contribution is 2.24. The first-order valence-corrected chi connectivity index (χ1v) is 10.4. The second-order valence-corrected chi connectivity index (χ2v) is 7.84. The molecular formula is C20H24N2O5S. The molecule has 2 aromatic carbocycles. The summed E-state index contributed by atoms with van der Waals surface area (Å²) in [5, 5.41) is 2.56. The molecule has 0 radical (unpaired) electrons. The minimum absolute atomic E-state index is 0.0293. The molecule has 0 fully saturated rings. The lowest BCUT2D eigenvalue weighted by atomic mass is 10.2. The number of nitrogens with zero attached hydrogens (tertiary/aromatic N) is 1. The Morgan fingerprint density at radius 3 is 2.36 bits per heavy atom. The Kier molecular flexibility index (Phi) is 7.17. The Hall–Kier alpha value is -2.87. The van der Waals surface area contributed by atoms with Crippen molar-refractivity contribution in [3.8, 4) is 0 Å². The third-order valence-electron chi connectivity index (χ3n) is 3.99. The standard InChI is InChI=1S/C20H24N2O5S/c1-4-21-19(23)15(3)27-20(24)16-10-9-13-18(14-16)28(25,26)22(5-2)17-11-7-6-8-12-17/h6-15H,4-5H2,1-3H3,(H,21,23)/t15-/m1/s1. The van der Waals surface area contributed by atoms with Crippen molar-refractivity contribution in [3.63, 3.8) is 0 Å². The molecule has 2 rings (SSSR count). The zero-order chi connectivity index (χ0) is 20.7. The second-order valence-electron chi connectivity index (χ2n) is 5.98. The predicted molar refractivity (Wildman–Crippen MR) is 107 cm³/mol. The highest BCUT2D eigenvalue weighted by atomic mass is 32.2. The number of likely N-dealkylation sites (N-methyl/N-ethyl adjacent to an activating group) is 1. The maximum Gasteiger partial charge on any atom is 0.338 e. The van der Waals surface area contributed by atoms with Crippen LogP contribution in [0.1, 0.15) is 31.1 Å². The highest BCUT2D eigenvalue weighted by Gasteiger charge is 2.25. The van der Waals surface area contributed by atoms with Crippen LogP contribution < -0.4 is 9.62 Å². The van der Waals surface area contributed by atoms with Crippen molar-refractivity contribution >= 4 is 27.6 Å². The van der Waals surface area contributed by atoms with E-state index in [2.05, 4.69) is 5.32 Å². The third kappa shape index (κ3) is 4.89. The summed E-state index contributed by atoms with van der Waals surface area (Å²) in [7, 11) is -3.87. The zero-order valence-electron chi connectivity index (χ0n) is 16.1. The molecule has 0 bridgehead atoms. The number of benzene rings is 2. The minimum Gasteiger partial charge on any atom is -0.449 e. The average Bonchev–Trinajstić information content (AvgIpc) is 2.69. The summed E-state index contributed by atoms with van der Waals surface area (Å²) >= 11 is 0. The molecule has 1 amide bonds. The molecule has 150 valence electrons. The van der Waals surface area contributed by atoms with Crippen molar-refractivity contribution in [2.75, 3.05) is 17.4 Å². The van der Waals surface area contributed by atoms with Crippen LogP contribution in [0.4, 0.5) is 5.69 Å². The van der Waals surface area contributed by atoms with E-state index in [4.69, 9.17) is 4.74 Å². The lowest BCUT2D eigenvalue weighted by Crippen LogP contribution is -2.35. The van der Waals surface area contributed by atoms with Crippen molar-refractivity contribution in [1.82, 2.24) is 5.32 Å². The van der Waals surface area contributed by atoms with Crippen molar-refractivity contribution in [1.29, 1.82) is 0 Å². The van der Waals surface area contributed by atoms with Crippen LogP contribution in [-0.2, 0) is 19.6 Å². The number of hydrogen-bond acceptors (Lipinski definition) is 5. The van der Waals surface area contributed by atoms with E-state index in [9.17, 15) is 18.0 Å². The maximum absolute atomic E-state index is 13.1. The summed E-state index contributed by atoms with van der Waals surface area (Å²) < 4.78 is 32.5. The highest BCUT2D eigenvalue weighted by molar-refractivity contribution is 7.92. The van der Waals surface area contributed by atoms with E-state index < -0.39 is 28.0 Å². The molecule has 0 aliphatic heterocycles. The maximum atomic E-state index is 13.1. The fraction of sp³-hybridized carbons (Fsp3) is 0.300. The van der Waals surface area contributed by atoms with E-state index in [0.717, 1.165) is 0 Å². The lowest BCUT2D eigenvalue weighted by Gasteiger charge is -2.23. The molecule has 0 saturated heterocycles. The average molecular weight is 404 g/mol. The van der Waals surface area contributed by atoms with Gasteiger partial charge in [0.05, 0.1) is 16.1 Å². The van der Waals surface area contributed by atoms with Gasteiger partial charge in [-0.25, -0.2) is 13.2 Å². The number of amides is 1. The van der Waals surface area contributed by atoms with Crippen molar-refractivity contribution < 1.29 is 22.7 Å². The molecule has 8 heteroatoms. The molecule has 0 aromatic heterocycles. The van der Waals surface area contributed by atoms with Crippen LogP contribution in [0.5, 0.6) is 0 Å². The Bertz CT molecular complexity index is 929. The van der Waals surface area contributed by atoms with Gasteiger partial charge in [0, 0.05) is 13.1 Å². The molecule has 7 nitrogen and oxygen atoms in total. The summed E-state index contributed by atoms with van der Waals surface area (Å²) in [5.41, 5.74) is 0.587. The fourth-order valence-electron chi connectivity index (χ4n) is 2.60. The number of ether oxygens (including phenoxy) is 1. The Morgan fingerprint density at radius 2 is 1.75 bits per heavy atom. The van der Waals surface area contributed by atoms with Gasteiger partial charge < -0.3 is 10.1 Å². The van der Waals surface area contributed by atoms with Gasteiger partial charge in [-0.15, -0.1) is 0 Å². The molecule has 0 aliphatic carbocycles. The summed E-state index contributed by atoms with van der Waals surface area (Å²) in [6, 6.07) is 14.3. The zero-order valence-corrected chi connectivity index (χ0v) is 16.9. The quantitative estimate of drug-likeness (QED) is 0.683. The number of esters is 1. The SMILES string of the molecule is CCNC(=O)[C@@H](C)OC(=O)c1cccc(S(=O)(=O)N(CC)c2ccccc2)c1. The Balaban J connectivity index is 2.28. The molecular weight excluding hydrogens is 380 g/mol. The van der Waals surface area contributed by atoms with E-state index in [1.807, 2.05) is 0 Å².